The molecule has 11 heteroatoms. The van der Waals surface area contributed by atoms with Crippen LogP contribution in [0.25, 0.3) is 0 Å². The fourth-order valence-electron chi connectivity index (χ4n) is 9.30. The zero-order valence-corrected chi connectivity index (χ0v) is 34.3. The average molecular weight is 769 g/mol. The van der Waals surface area contributed by atoms with Crippen LogP contribution < -0.4 is 14.4 Å². The molecular formula is C42H61ClN4O5S. The van der Waals surface area contributed by atoms with Gasteiger partial charge in [0.15, 0.2) is 0 Å². The number of allylic oxidation sites excluding steroid dienone is 1. The molecule has 2 aliphatic heterocycles. The van der Waals surface area contributed by atoms with Crippen LogP contribution >= 0.6 is 11.6 Å². The van der Waals surface area contributed by atoms with Gasteiger partial charge in [-0.3, -0.25) is 4.79 Å². The van der Waals surface area contributed by atoms with Gasteiger partial charge in [0.2, 0.25) is 10.0 Å². The molecule has 1 saturated carbocycles. The summed E-state index contributed by atoms with van der Waals surface area (Å²) in [5.41, 5.74) is 3.03. The number of carbonyl (C=O) groups excluding carboxylic acids is 1. The highest BCUT2D eigenvalue weighted by molar-refractivity contribution is 7.90. The van der Waals surface area contributed by atoms with Crippen LogP contribution in [0.15, 0.2) is 48.6 Å². The first-order valence-electron chi connectivity index (χ1n) is 19.9. The topological polar surface area (TPSA) is 91.4 Å². The summed E-state index contributed by atoms with van der Waals surface area (Å²) in [7, 11) is 0.578. The van der Waals surface area contributed by atoms with Gasteiger partial charge in [-0.25, -0.2) is 13.1 Å². The van der Waals surface area contributed by atoms with Gasteiger partial charge < -0.3 is 24.2 Å². The van der Waals surface area contributed by atoms with E-state index in [-0.39, 0.29) is 5.41 Å². The number of anilines is 1. The average Bonchev–Trinajstić information content (AvgIpc) is 3.26. The number of hydrogen-bond donors (Lipinski definition) is 1. The number of rotatable bonds is 13. The molecule has 2 aliphatic carbocycles. The summed E-state index contributed by atoms with van der Waals surface area (Å²) in [5, 5.41) is 0.0206. The molecule has 4 atom stereocenters. The Balaban J connectivity index is 1.35. The van der Waals surface area contributed by atoms with Gasteiger partial charge in [0.1, 0.15) is 11.4 Å². The van der Waals surface area contributed by atoms with Crippen molar-refractivity contribution in [3.63, 3.8) is 0 Å². The molecule has 2 heterocycles. The van der Waals surface area contributed by atoms with Gasteiger partial charge in [-0.05, 0) is 153 Å². The van der Waals surface area contributed by atoms with Crippen molar-refractivity contribution in [2.75, 3.05) is 64.9 Å². The fraction of sp³-hybridized carbons (Fsp3) is 0.643. The van der Waals surface area contributed by atoms with Crippen molar-refractivity contribution < 1.29 is 22.7 Å². The van der Waals surface area contributed by atoms with Crippen LogP contribution in [0.1, 0.15) is 94.1 Å². The highest BCUT2D eigenvalue weighted by Crippen LogP contribution is 2.49. The third kappa shape index (κ3) is 8.62. The van der Waals surface area contributed by atoms with E-state index < -0.39 is 26.8 Å². The molecular weight excluding hydrogens is 708 g/mol. The summed E-state index contributed by atoms with van der Waals surface area (Å²) in [4.78, 5) is 20.9. The van der Waals surface area contributed by atoms with Crippen LogP contribution in [-0.4, -0.2) is 101 Å². The maximum absolute atomic E-state index is 13.4. The fourth-order valence-corrected chi connectivity index (χ4v) is 10.1. The van der Waals surface area contributed by atoms with Crippen molar-refractivity contribution >= 4 is 33.2 Å². The SMILES string of the molecule is CC/C=C/[C@](CN1CCC(N(C)C)CC1)(OCC)[C@@H]1CC[C@H]1CN1C[C@@]2(CCCc3cc(Cl)ccc32)COc2ccc(C(=O)NS(=O)(=O)C(C)C)cc21. The van der Waals surface area contributed by atoms with Gasteiger partial charge in [0.25, 0.3) is 5.91 Å². The molecule has 0 bridgehead atoms. The second kappa shape index (κ2) is 16.6. The van der Waals surface area contributed by atoms with Crippen LogP contribution in [0.4, 0.5) is 5.69 Å². The number of nitrogens with one attached hydrogen (secondary N) is 1. The number of halogens is 1. The second-order valence-corrected chi connectivity index (χ2v) is 19.1. The third-order valence-electron chi connectivity index (χ3n) is 12.5. The Morgan fingerprint density at radius 1 is 1.13 bits per heavy atom. The molecule has 4 aliphatic rings. The first-order valence-corrected chi connectivity index (χ1v) is 21.8. The molecule has 0 radical (unpaired) electrons. The van der Waals surface area contributed by atoms with E-state index in [1.54, 1.807) is 19.9 Å². The quantitative estimate of drug-likeness (QED) is 0.217. The monoisotopic (exact) mass is 768 g/mol. The number of ether oxygens (including phenoxy) is 2. The first kappa shape index (κ1) is 40.0. The zero-order chi connectivity index (χ0) is 38.0. The van der Waals surface area contributed by atoms with E-state index in [4.69, 9.17) is 21.1 Å². The molecule has 6 rings (SSSR count). The maximum atomic E-state index is 13.4. The lowest BCUT2D eigenvalue weighted by Gasteiger charge is -2.52. The van der Waals surface area contributed by atoms with Crippen molar-refractivity contribution in [3.05, 3.63) is 70.3 Å². The molecule has 53 heavy (non-hydrogen) atoms. The smallest absolute Gasteiger partial charge is 0.264 e. The third-order valence-corrected chi connectivity index (χ3v) is 14.4. The Morgan fingerprint density at radius 3 is 2.57 bits per heavy atom. The minimum atomic E-state index is -3.80. The van der Waals surface area contributed by atoms with Crippen LogP contribution in [-0.2, 0) is 26.6 Å². The largest absolute Gasteiger partial charge is 0.490 e. The normalized spacial score (nSPS) is 25.1. The zero-order valence-electron chi connectivity index (χ0n) is 32.7. The highest BCUT2D eigenvalue weighted by atomic mass is 35.5. The van der Waals surface area contributed by atoms with E-state index >= 15 is 0 Å². The molecule has 1 amide bonds. The van der Waals surface area contributed by atoms with Crippen molar-refractivity contribution in [2.45, 2.75) is 101 Å². The van der Waals surface area contributed by atoms with Gasteiger partial charge in [-0.15, -0.1) is 0 Å². The van der Waals surface area contributed by atoms with Gasteiger partial charge in [0, 0.05) is 48.3 Å². The predicted molar refractivity (Wildman–Crippen MR) is 215 cm³/mol. The van der Waals surface area contributed by atoms with Gasteiger partial charge >= 0.3 is 0 Å². The molecule has 0 aromatic heterocycles. The lowest BCUT2D eigenvalue weighted by Crippen LogP contribution is -2.58. The number of carbonyl (C=O) groups is 1. The molecule has 2 aromatic rings. The summed E-state index contributed by atoms with van der Waals surface area (Å²) in [5.74, 6) is 0.753. The summed E-state index contributed by atoms with van der Waals surface area (Å²) >= 11 is 6.51. The number of piperidine rings is 1. The van der Waals surface area contributed by atoms with E-state index in [2.05, 4.69) is 71.6 Å². The molecule has 292 valence electrons. The summed E-state index contributed by atoms with van der Waals surface area (Å²) in [6.45, 7) is 13.1. The number of benzene rings is 2. The molecule has 0 unspecified atom stereocenters. The van der Waals surface area contributed by atoms with Crippen molar-refractivity contribution in [3.8, 4) is 5.75 Å². The summed E-state index contributed by atoms with van der Waals surface area (Å²) < 4.78 is 41.3. The predicted octanol–water partition coefficient (Wildman–Crippen LogP) is 7.07. The Bertz CT molecular complexity index is 1740. The lowest BCUT2D eigenvalue weighted by atomic mass is 9.63. The number of hydrogen-bond acceptors (Lipinski definition) is 8. The Labute approximate surface area is 323 Å². The van der Waals surface area contributed by atoms with Gasteiger partial charge in [-0.1, -0.05) is 36.7 Å². The Kier molecular flexibility index (Phi) is 12.6. The number of aryl methyl sites for hydroxylation is 1. The summed E-state index contributed by atoms with van der Waals surface area (Å²) in [6, 6.07) is 12.3. The minimum Gasteiger partial charge on any atom is -0.490 e. The minimum absolute atomic E-state index is 0.268. The maximum Gasteiger partial charge on any atom is 0.264 e. The van der Waals surface area contributed by atoms with E-state index in [0.717, 1.165) is 94.8 Å². The Morgan fingerprint density at radius 2 is 1.91 bits per heavy atom. The van der Waals surface area contributed by atoms with E-state index in [1.165, 1.54) is 11.1 Å². The molecule has 2 aromatic carbocycles. The number of nitrogens with zero attached hydrogens (tertiary/aromatic N) is 3. The summed E-state index contributed by atoms with van der Waals surface area (Å²) in [6.07, 6.45) is 13.1. The van der Waals surface area contributed by atoms with Gasteiger partial charge in [0.05, 0.1) is 17.5 Å². The first-order chi connectivity index (χ1) is 25.3. The number of sulfonamides is 1. The number of amides is 1. The highest BCUT2D eigenvalue weighted by Gasteiger charge is 2.50. The molecule has 9 nitrogen and oxygen atoms in total. The van der Waals surface area contributed by atoms with Crippen LogP contribution in [0.2, 0.25) is 5.02 Å². The molecule has 1 spiro atoms. The standard InChI is InChI=1S/C42H61ClN4O5S/c1-7-9-21-42(52-8-2,28-46-22-18-35(19-23-46)45(5)6)37-15-12-33(37)26-47-27-41(20-10-11-31-24-34(43)14-16-36(31)41)29-51-39-17-13-32(25-38(39)47)40(48)44-53(49,50)30(3)4/h9,13-14,16-17,21,24-25,30,33,35,37H,7-8,10-12,15,18-20,22-23,26-29H2,1-6H3,(H,44,48)/b21-9+/t33-,37+,41-,42+/m0/s1. The second-order valence-electron chi connectivity index (χ2n) is 16.4. The van der Waals surface area contributed by atoms with Gasteiger partial charge in [-0.2, -0.15) is 0 Å². The number of likely N-dealkylation sites (tertiary alicyclic amines) is 1. The number of fused-ring (bicyclic) bond motifs is 3. The Hall–Kier alpha value is -2.63. The van der Waals surface area contributed by atoms with Crippen molar-refractivity contribution in [2.24, 2.45) is 11.8 Å². The van der Waals surface area contributed by atoms with Crippen molar-refractivity contribution in [1.82, 2.24) is 14.5 Å². The molecule has 1 N–H and O–H groups in total. The van der Waals surface area contributed by atoms with E-state index in [9.17, 15) is 13.2 Å². The van der Waals surface area contributed by atoms with Crippen LogP contribution in [0, 0.1) is 11.8 Å². The lowest BCUT2D eigenvalue weighted by molar-refractivity contribution is -0.111. The van der Waals surface area contributed by atoms with Crippen LogP contribution in [0.3, 0.4) is 0 Å². The van der Waals surface area contributed by atoms with Crippen LogP contribution in [0.5, 0.6) is 5.75 Å². The molecule has 2 fully saturated rings. The van der Waals surface area contributed by atoms with E-state index in [0.29, 0.717) is 42.4 Å². The molecule has 1 saturated heterocycles. The van der Waals surface area contributed by atoms with E-state index in [1.807, 2.05) is 18.2 Å². The van der Waals surface area contributed by atoms with Crippen molar-refractivity contribution in [1.29, 1.82) is 0 Å².